The van der Waals surface area contributed by atoms with Crippen molar-refractivity contribution in [1.82, 2.24) is 0 Å². The van der Waals surface area contributed by atoms with E-state index in [9.17, 15) is 8.42 Å². The highest BCUT2D eigenvalue weighted by Gasteiger charge is 2.06. The Bertz CT molecular complexity index is 240. The molecule has 0 amide bonds. The first-order chi connectivity index (χ1) is 5.62. The Morgan fingerprint density at radius 1 is 1.33 bits per heavy atom. The molecule has 0 spiro atoms. The average molecular weight is 191 g/mol. The van der Waals surface area contributed by atoms with E-state index in [1.54, 1.807) is 0 Å². The van der Waals surface area contributed by atoms with Gasteiger partial charge in [0.05, 0.1) is 6.61 Å². The topological polar surface area (TPSA) is 67.2 Å². The summed E-state index contributed by atoms with van der Waals surface area (Å²) in [5.41, 5.74) is 0. The predicted molar refractivity (Wildman–Crippen MR) is 44.6 cm³/mol. The molecule has 0 aromatic carbocycles. The van der Waals surface area contributed by atoms with Gasteiger partial charge in [-0.05, 0) is 6.42 Å². The highest BCUT2D eigenvalue weighted by molar-refractivity contribution is 7.91. The van der Waals surface area contributed by atoms with Gasteiger partial charge in [-0.1, -0.05) is 26.2 Å². The van der Waals surface area contributed by atoms with Gasteiger partial charge in [-0.15, -0.1) is 0 Å². The Labute approximate surface area is 73.3 Å². The molecule has 0 aliphatic rings. The second kappa shape index (κ2) is 5.98. The predicted octanol–water partition coefficient (Wildman–Crippen LogP) is 1.39. The maximum atomic E-state index is 10.4. The third kappa shape index (κ3) is 6.13. The van der Waals surface area contributed by atoms with Crippen LogP contribution in [0.3, 0.4) is 0 Å². The maximum absolute atomic E-state index is 10.4. The molecular formula is C7H13NO3S. The lowest BCUT2D eigenvalue weighted by Crippen LogP contribution is -2.03. The van der Waals surface area contributed by atoms with Gasteiger partial charge in [-0.25, -0.2) is 0 Å². The summed E-state index contributed by atoms with van der Waals surface area (Å²) < 4.78 is 25.2. The average Bonchev–Trinajstić information content (AvgIpc) is 2.04. The van der Waals surface area contributed by atoms with Gasteiger partial charge in [0, 0.05) is 0 Å². The third-order valence-corrected chi connectivity index (χ3v) is 2.05. The van der Waals surface area contributed by atoms with Crippen LogP contribution in [-0.4, -0.2) is 15.0 Å². The van der Waals surface area contributed by atoms with Crippen LogP contribution in [0.1, 0.15) is 32.6 Å². The molecular weight excluding hydrogens is 178 g/mol. The molecule has 4 nitrogen and oxygen atoms in total. The number of nitriles is 1. The van der Waals surface area contributed by atoms with Crippen molar-refractivity contribution in [3.05, 3.63) is 0 Å². The minimum absolute atomic E-state index is 0.121. The van der Waals surface area contributed by atoms with Crippen LogP contribution in [0.25, 0.3) is 0 Å². The molecule has 0 unspecified atom stereocenters. The van der Waals surface area contributed by atoms with Crippen molar-refractivity contribution >= 4 is 10.1 Å². The fraction of sp³-hybridized carbons (Fsp3) is 0.857. The van der Waals surface area contributed by atoms with Gasteiger partial charge in [-0.2, -0.15) is 13.7 Å². The van der Waals surface area contributed by atoms with Crippen LogP contribution >= 0.6 is 0 Å². The molecule has 0 N–H and O–H groups in total. The highest BCUT2D eigenvalue weighted by atomic mass is 32.2. The number of hydrogen-bond donors (Lipinski definition) is 0. The molecule has 0 aliphatic carbocycles. The minimum Gasteiger partial charge on any atom is -0.259 e. The largest absolute Gasteiger partial charge is 0.362 e. The maximum Gasteiger partial charge on any atom is 0.362 e. The molecule has 0 rings (SSSR count). The molecule has 0 saturated carbocycles. The Hall–Kier alpha value is -0.600. The van der Waals surface area contributed by atoms with Crippen LogP contribution in [-0.2, 0) is 14.3 Å². The Kier molecular flexibility index (Phi) is 5.68. The van der Waals surface area contributed by atoms with Gasteiger partial charge in [0.25, 0.3) is 0 Å². The molecule has 70 valence electrons. The normalized spacial score (nSPS) is 11.0. The fourth-order valence-corrected chi connectivity index (χ4v) is 1.11. The summed E-state index contributed by atoms with van der Waals surface area (Å²) in [4.78, 5) is 0. The van der Waals surface area contributed by atoms with Crippen LogP contribution in [0.4, 0.5) is 0 Å². The summed E-state index contributed by atoms with van der Waals surface area (Å²) in [5.74, 6) is 0. The smallest absolute Gasteiger partial charge is 0.259 e. The van der Waals surface area contributed by atoms with E-state index in [0.717, 1.165) is 24.7 Å². The van der Waals surface area contributed by atoms with E-state index >= 15 is 0 Å². The summed E-state index contributed by atoms with van der Waals surface area (Å²) in [6, 6.07) is 0. The number of rotatable bonds is 6. The molecule has 5 heteroatoms. The van der Waals surface area contributed by atoms with E-state index in [4.69, 9.17) is 5.26 Å². The number of unbranched alkanes of at least 4 members (excludes halogenated alkanes) is 3. The molecule has 0 aliphatic heterocycles. The van der Waals surface area contributed by atoms with Crippen molar-refractivity contribution < 1.29 is 12.6 Å². The second-order valence-electron chi connectivity index (χ2n) is 2.43. The van der Waals surface area contributed by atoms with Gasteiger partial charge in [0.2, 0.25) is 5.40 Å². The summed E-state index contributed by atoms with van der Waals surface area (Å²) in [7, 11) is -3.90. The van der Waals surface area contributed by atoms with Gasteiger partial charge in [0.1, 0.15) is 0 Å². The van der Waals surface area contributed by atoms with Crippen molar-refractivity contribution in [3.63, 3.8) is 0 Å². The lowest BCUT2D eigenvalue weighted by molar-refractivity contribution is 0.313. The molecule has 0 radical (unpaired) electrons. The van der Waals surface area contributed by atoms with Crippen LogP contribution in [0, 0.1) is 10.7 Å². The quantitative estimate of drug-likeness (QED) is 0.275. The Balaban J connectivity index is 3.40. The minimum atomic E-state index is -3.90. The van der Waals surface area contributed by atoms with Crippen LogP contribution in [0.15, 0.2) is 0 Å². The van der Waals surface area contributed by atoms with E-state index in [2.05, 4.69) is 11.1 Å². The van der Waals surface area contributed by atoms with Crippen molar-refractivity contribution in [1.29, 1.82) is 5.26 Å². The number of nitrogens with zero attached hydrogens (tertiary/aromatic N) is 1. The first-order valence-corrected chi connectivity index (χ1v) is 5.33. The molecule has 0 bridgehead atoms. The zero-order valence-electron chi connectivity index (χ0n) is 7.12. The molecule has 12 heavy (non-hydrogen) atoms. The summed E-state index contributed by atoms with van der Waals surface area (Å²) in [6.07, 6.45) is 3.78. The second-order valence-corrected chi connectivity index (χ2v) is 3.75. The first kappa shape index (κ1) is 11.4. The molecule has 0 saturated heterocycles. The van der Waals surface area contributed by atoms with E-state index in [0.29, 0.717) is 6.42 Å². The van der Waals surface area contributed by atoms with E-state index < -0.39 is 10.1 Å². The lowest BCUT2D eigenvalue weighted by Gasteiger charge is -1.97. The van der Waals surface area contributed by atoms with Gasteiger partial charge < -0.3 is 0 Å². The van der Waals surface area contributed by atoms with E-state index in [-0.39, 0.29) is 6.61 Å². The number of hydrogen-bond acceptors (Lipinski definition) is 4. The zero-order valence-corrected chi connectivity index (χ0v) is 7.93. The van der Waals surface area contributed by atoms with Gasteiger partial charge >= 0.3 is 10.1 Å². The first-order valence-electron chi connectivity index (χ1n) is 3.92. The SMILES string of the molecule is CCCCCCOS(=O)(=O)C#N. The van der Waals surface area contributed by atoms with Crippen molar-refractivity contribution in [3.8, 4) is 5.40 Å². The molecule has 0 heterocycles. The van der Waals surface area contributed by atoms with Crippen molar-refractivity contribution in [2.75, 3.05) is 6.61 Å². The fourth-order valence-electron chi connectivity index (χ4n) is 0.724. The summed E-state index contributed by atoms with van der Waals surface area (Å²) in [6.45, 7) is 2.18. The summed E-state index contributed by atoms with van der Waals surface area (Å²) in [5, 5.41) is 9.12. The molecule has 0 fully saturated rings. The van der Waals surface area contributed by atoms with Gasteiger partial charge in [-0.3, -0.25) is 4.18 Å². The number of thiocyanates is 1. The Morgan fingerprint density at radius 3 is 2.50 bits per heavy atom. The molecule has 0 aromatic heterocycles. The Morgan fingerprint density at radius 2 is 2.00 bits per heavy atom. The van der Waals surface area contributed by atoms with Crippen molar-refractivity contribution in [2.24, 2.45) is 0 Å². The monoisotopic (exact) mass is 191 g/mol. The highest BCUT2D eigenvalue weighted by Crippen LogP contribution is 2.00. The molecule has 0 atom stereocenters. The van der Waals surface area contributed by atoms with Crippen molar-refractivity contribution in [2.45, 2.75) is 32.6 Å². The van der Waals surface area contributed by atoms with Gasteiger partial charge in [0.15, 0.2) is 0 Å². The lowest BCUT2D eigenvalue weighted by atomic mass is 10.2. The van der Waals surface area contributed by atoms with Crippen LogP contribution in [0.5, 0.6) is 0 Å². The van der Waals surface area contributed by atoms with E-state index in [1.165, 1.54) is 0 Å². The van der Waals surface area contributed by atoms with E-state index in [1.807, 2.05) is 0 Å². The van der Waals surface area contributed by atoms with Crippen LogP contribution < -0.4 is 0 Å². The summed E-state index contributed by atoms with van der Waals surface area (Å²) >= 11 is 0. The standard InChI is InChI=1S/C7H13NO3S/c1-2-3-4-5-6-11-12(9,10)7-8/h2-6H2,1H3. The molecule has 0 aromatic rings. The van der Waals surface area contributed by atoms with Crippen LogP contribution in [0.2, 0.25) is 0 Å². The zero-order chi connectivity index (χ0) is 9.45. The third-order valence-electron chi connectivity index (χ3n) is 1.35.